The van der Waals surface area contributed by atoms with Crippen LogP contribution in [-0.2, 0) is 0 Å². The Bertz CT molecular complexity index is 408. The Morgan fingerprint density at radius 2 is 1.74 bits per heavy atom. The molecular weight excluding hydrogens is 262 g/mol. The van der Waals surface area contributed by atoms with E-state index < -0.39 is 0 Å². The van der Waals surface area contributed by atoms with Crippen molar-refractivity contribution < 1.29 is 14.3 Å². The minimum Gasteiger partial charge on any atom is -0.490 e. The fourth-order valence-electron chi connectivity index (χ4n) is 1.54. The molecule has 0 atom stereocenters. The number of amides is 1. The van der Waals surface area contributed by atoms with Gasteiger partial charge < -0.3 is 14.8 Å². The van der Waals surface area contributed by atoms with Crippen molar-refractivity contribution in [1.82, 2.24) is 5.32 Å². The second kappa shape index (κ2) is 8.69. The number of hydrogen-bond donors (Lipinski definition) is 1. The van der Waals surface area contributed by atoms with E-state index in [1.54, 1.807) is 18.2 Å². The van der Waals surface area contributed by atoms with Gasteiger partial charge in [-0.2, -0.15) is 13.5 Å². The molecule has 4 nitrogen and oxygen atoms in total. The van der Waals surface area contributed by atoms with Crippen LogP contribution in [0, 0.1) is 0 Å². The first-order chi connectivity index (χ1) is 8.58. The van der Waals surface area contributed by atoms with E-state index in [1.807, 2.05) is 27.7 Å². The van der Waals surface area contributed by atoms with Gasteiger partial charge in [0.05, 0.1) is 13.2 Å². The van der Waals surface area contributed by atoms with Crippen LogP contribution < -0.4 is 14.8 Å². The van der Waals surface area contributed by atoms with Gasteiger partial charge >= 0.3 is 0 Å². The zero-order chi connectivity index (χ0) is 13.5. The quantitative estimate of drug-likeness (QED) is 0.874. The number of hydrogen-bond acceptors (Lipinski definition) is 3. The van der Waals surface area contributed by atoms with Crippen molar-refractivity contribution in [1.29, 1.82) is 0 Å². The van der Waals surface area contributed by atoms with Crippen molar-refractivity contribution in [2.24, 2.45) is 0 Å². The molecule has 0 saturated heterocycles. The standard InChI is InChI=1S/C14H21NO3.H2S/c1-5-17-12-8-7-11(9-13(12)18-6-2)14(16)15-10(3)4;/h7-10H,5-6H2,1-4H3,(H,15,16);1H2. The van der Waals surface area contributed by atoms with Gasteiger partial charge in [0, 0.05) is 11.6 Å². The van der Waals surface area contributed by atoms with Gasteiger partial charge in [0.25, 0.3) is 5.91 Å². The second-order valence-electron chi connectivity index (χ2n) is 4.16. The molecule has 0 radical (unpaired) electrons. The van der Waals surface area contributed by atoms with E-state index in [0.717, 1.165) is 0 Å². The Morgan fingerprint density at radius 3 is 2.26 bits per heavy atom. The lowest BCUT2D eigenvalue weighted by molar-refractivity contribution is 0.0942. The summed E-state index contributed by atoms with van der Waals surface area (Å²) in [4.78, 5) is 11.9. The third-order valence-corrected chi connectivity index (χ3v) is 2.23. The molecule has 108 valence electrons. The van der Waals surface area contributed by atoms with E-state index in [2.05, 4.69) is 5.32 Å². The molecule has 5 heteroatoms. The topological polar surface area (TPSA) is 47.6 Å². The van der Waals surface area contributed by atoms with Gasteiger partial charge in [-0.15, -0.1) is 0 Å². The van der Waals surface area contributed by atoms with Gasteiger partial charge in [0.2, 0.25) is 0 Å². The first kappa shape index (κ1) is 17.6. The van der Waals surface area contributed by atoms with Crippen molar-refractivity contribution in [2.45, 2.75) is 33.7 Å². The number of ether oxygens (including phenoxy) is 2. The van der Waals surface area contributed by atoms with Crippen molar-refractivity contribution in [3.63, 3.8) is 0 Å². The highest BCUT2D eigenvalue weighted by Crippen LogP contribution is 2.28. The van der Waals surface area contributed by atoms with Gasteiger partial charge in [-0.05, 0) is 45.9 Å². The SMILES string of the molecule is CCOc1ccc(C(=O)NC(C)C)cc1OCC.S. The predicted molar refractivity (Wildman–Crippen MR) is 81.8 cm³/mol. The molecule has 1 aromatic carbocycles. The van der Waals surface area contributed by atoms with E-state index in [9.17, 15) is 4.79 Å². The third kappa shape index (κ3) is 5.42. The Kier molecular flexibility index (Phi) is 8.07. The van der Waals surface area contributed by atoms with Crippen LogP contribution in [0.2, 0.25) is 0 Å². The first-order valence-electron chi connectivity index (χ1n) is 6.29. The van der Waals surface area contributed by atoms with E-state index in [-0.39, 0.29) is 25.4 Å². The van der Waals surface area contributed by atoms with Crippen LogP contribution in [0.3, 0.4) is 0 Å². The van der Waals surface area contributed by atoms with Crippen molar-refractivity contribution in [2.75, 3.05) is 13.2 Å². The average molecular weight is 285 g/mol. The molecule has 0 aliphatic heterocycles. The monoisotopic (exact) mass is 285 g/mol. The second-order valence-corrected chi connectivity index (χ2v) is 4.16. The van der Waals surface area contributed by atoms with Crippen LogP contribution in [0.4, 0.5) is 0 Å². The maximum atomic E-state index is 11.9. The summed E-state index contributed by atoms with van der Waals surface area (Å²) in [6, 6.07) is 5.33. The summed E-state index contributed by atoms with van der Waals surface area (Å²) < 4.78 is 10.9. The first-order valence-corrected chi connectivity index (χ1v) is 6.29. The molecule has 1 N–H and O–H groups in total. The molecule has 19 heavy (non-hydrogen) atoms. The average Bonchev–Trinajstić information content (AvgIpc) is 2.31. The Balaban J connectivity index is 0.00000324. The Hall–Kier alpha value is -1.36. The summed E-state index contributed by atoms with van der Waals surface area (Å²) in [5.74, 6) is 1.17. The van der Waals surface area contributed by atoms with E-state index >= 15 is 0 Å². The lowest BCUT2D eigenvalue weighted by Crippen LogP contribution is -2.30. The van der Waals surface area contributed by atoms with Gasteiger partial charge in [0.15, 0.2) is 11.5 Å². The molecule has 0 bridgehead atoms. The van der Waals surface area contributed by atoms with Crippen LogP contribution >= 0.6 is 13.5 Å². The third-order valence-electron chi connectivity index (χ3n) is 2.23. The molecule has 0 heterocycles. The largest absolute Gasteiger partial charge is 0.490 e. The summed E-state index contributed by atoms with van der Waals surface area (Å²) in [5, 5.41) is 2.84. The summed E-state index contributed by atoms with van der Waals surface area (Å²) in [7, 11) is 0. The molecule has 1 amide bonds. The van der Waals surface area contributed by atoms with Gasteiger partial charge in [-0.1, -0.05) is 0 Å². The smallest absolute Gasteiger partial charge is 0.251 e. The van der Waals surface area contributed by atoms with Crippen LogP contribution in [0.1, 0.15) is 38.1 Å². The predicted octanol–water partition coefficient (Wildman–Crippen LogP) is 2.74. The Labute approximate surface area is 121 Å². The van der Waals surface area contributed by atoms with E-state index in [4.69, 9.17) is 9.47 Å². The fraction of sp³-hybridized carbons (Fsp3) is 0.500. The van der Waals surface area contributed by atoms with E-state index in [1.165, 1.54) is 0 Å². The van der Waals surface area contributed by atoms with Crippen LogP contribution in [-0.4, -0.2) is 25.2 Å². The normalized spacial score (nSPS) is 9.74. The zero-order valence-electron chi connectivity index (χ0n) is 11.9. The minimum atomic E-state index is -0.103. The van der Waals surface area contributed by atoms with Crippen molar-refractivity contribution in [3.8, 4) is 11.5 Å². The number of carbonyl (C=O) groups excluding carboxylic acids is 1. The molecule has 0 aliphatic rings. The fourth-order valence-corrected chi connectivity index (χ4v) is 1.54. The van der Waals surface area contributed by atoms with Crippen LogP contribution in [0.5, 0.6) is 11.5 Å². The highest BCUT2D eigenvalue weighted by atomic mass is 32.1. The summed E-state index contributed by atoms with van der Waals surface area (Å²) in [5.41, 5.74) is 0.579. The van der Waals surface area contributed by atoms with Gasteiger partial charge in [-0.3, -0.25) is 4.79 Å². The lowest BCUT2D eigenvalue weighted by Gasteiger charge is -2.13. The molecule has 0 unspecified atom stereocenters. The molecule has 0 spiro atoms. The Morgan fingerprint density at radius 1 is 1.16 bits per heavy atom. The highest BCUT2D eigenvalue weighted by Gasteiger charge is 2.11. The number of benzene rings is 1. The maximum Gasteiger partial charge on any atom is 0.251 e. The van der Waals surface area contributed by atoms with Crippen molar-refractivity contribution >= 4 is 19.4 Å². The molecular formula is C14H23NO3S. The molecule has 0 fully saturated rings. The lowest BCUT2D eigenvalue weighted by atomic mass is 10.1. The molecule has 0 aromatic heterocycles. The van der Waals surface area contributed by atoms with Crippen LogP contribution in [0.15, 0.2) is 18.2 Å². The summed E-state index contributed by atoms with van der Waals surface area (Å²) >= 11 is 0. The summed E-state index contributed by atoms with van der Waals surface area (Å²) in [6.07, 6.45) is 0. The molecule has 0 aliphatic carbocycles. The van der Waals surface area contributed by atoms with Crippen molar-refractivity contribution in [3.05, 3.63) is 23.8 Å². The zero-order valence-corrected chi connectivity index (χ0v) is 12.9. The van der Waals surface area contributed by atoms with Gasteiger partial charge in [-0.25, -0.2) is 0 Å². The maximum absolute atomic E-state index is 11.9. The number of rotatable bonds is 6. The number of nitrogens with one attached hydrogen (secondary N) is 1. The summed E-state index contributed by atoms with van der Waals surface area (Å²) in [6.45, 7) is 8.77. The molecule has 1 rings (SSSR count). The van der Waals surface area contributed by atoms with Gasteiger partial charge in [0.1, 0.15) is 0 Å². The molecule has 1 aromatic rings. The van der Waals surface area contributed by atoms with E-state index in [0.29, 0.717) is 30.3 Å². The minimum absolute atomic E-state index is 0. The number of carbonyl (C=O) groups is 1. The molecule has 0 saturated carbocycles. The highest BCUT2D eigenvalue weighted by molar-refractivity contribution is 7.59. The van der Waals surface area contributed by atoms with Crippen LogP contribution in [0.25, 0.3) is 0 Å².